The summed E-state index contributed by atoms with van der Waals surface area (Å²) in [5, 5.41) is 17.6. The Morgan fingerprint density at radius 1 is 1.35 bits per heavy atom. The summed E-state index contributed by atoms with van der Waals surface area (Å²) in [7, 11) is -3.77. The van der Waals surface area contributed by atoms with Crippen molar-refractivity contribution >= 4 is 16.0 Å². The van der Waals surface area contributed by atoms with Gasteiger partial charge in [-0.05, 0) is 43.5 Å². The number of carboxylic acid groups (broad SMARTS) is 1. The summed E-state index contributed by atoms with van der Waals surface area (Å²) in [5.74, 6) is -1.02. The third-order valence-corrected chi connectivity index (χ3v) is 5.04. The Balaban J connectivity index is 2.22. The molecule has 6 nitrogen and oxygen atoms in total. The maximum atomic E-state index is 12.2. The molecule has 0 unspecified atom stereocenters. The molecule has 1 aromatic rings. The molecule has 1 aliphatic rings. The molecule has 0 spiro atoms. The summed E-state index contributed by atoms with van der Waals surface area (Å²) < 4.78 is 27.0. The Morgan fingerprint density at radius 3 is 2.35 bits per heavy atom. The topological polar surface area (TPSA) is 107 Å². The van der Waals surface area contributed by atoms with Crippen molar-refractivity contribution in [3.63, 3.8) is 0 Å². The minimum Gasteiger partial charge on any atom is -0.481 e. The fourth-order valence-corrected chi connectivity index (χ4v) is 3.72. The lowest BCUT2D eigenvalue weighted by Crippen LogP contribution is -2.54. The summed E-state index contributed by atoms with van der Waals surface area (Å²) in [6.45, 7) is 0. The van der Waals surface area contributed by atoms with E-state index in [0.717, 1.165) is 6.42 Å². The van der Waals surface area contributed by atoms with E-state index in [4.69, 9.17) is 10.4 Å². The normalized spacial score (nSPS) is 16.9. The van der Waals surface area contributed by atoms with Crippen LogP contribution in [0.2, 0.25) is 0 Å². The van der Waals surface area contributed by atoms with Crippen LogP contribution >= 0.6 is 0 Å². The number of carbonyl (C=O) groups is 1. The molecule has 0 atom stereocenters. The van der Waals surface area contributed by atoms with Gasteiger partial charge in [0.2, 0.25) is 10.0 Å². The molecule has 2 rings (SSSR count). The van der Waals surface area contributed by atoms with Crippen molar-refractivity contribution in [2.45, 2.75) is 36.1 Å². The van der Waals surface area contributed by atoms with Gasteiger partial charge in [-0.25, -0.2) is 13.1 Å². The van der Waals surface area contributed by atoms with Crippen molar-refractivity contribution < 1.29 is 18.3 Å². The van der Waals surface area contributed by atoms with E-state index < -0.39 is 21.5 Å². The standard InChI is InChI=1S/C13H14N2O4S/c14-9-10-2-4-11(5-3-10)20(18,19)15-13(6-1-7-13)8-12(16)17/h2-5,15H,1,6-8H2,(H,16,17). The van der Waals surface area contributed by atoms with E-state index in [9.17, 15) is 13.2 Å². The molecule has 7 heteroatoms. The second kappa shape index (κ2) is 5.23. The highest BCUT2D eigenvalue weighted by molar-refractivity contribution is 7.89. The molecule has 1 saturated carbocycles. The van der Waals surface area contributed by atoms with E-state index in [1.54, 1.807) is 0 Å². The molecule has 20 heavy (non-hydrogen) atoms. The zero-order chi connectivity index (χ0) is 14.8. The van der Waals surface area contributed by atoms with E-state index in [1.165, 1.54) is 24.3 Å². The van der Waals surface area contributed by atoms with Gasteiger partial charge in [-0.1, -0.05) is 0 Å². The van der Waals surface area contributed by atoms with Gasteiger partial charge in [0.15, 0.2) is 0 Å². The van der Waals surface area contributed by atoms with Crippen LogP contribution in [-0.2, 0) is 14.8 Å². The van der Waals surface area contributed by atoms with Crippen LogP contribution in [0.15, 0.2) is 29.2 Å². The number of sulfonamides is 1. The smallest absolute Gasteiger partial charge is 0.305 e. The number of carboxylic acids is 1. The lowest BCUT2D eigenvalue weighted by atomic mass is 9.75. The third kappa shape index (κ3) is 2.98. The highest BCUT2D eigenvalue weighted by Gasteiger charge is 2.42. The van der Waals surface area contributed by atoms with Gasteiger partial charge < -0.3 is 5.11 Å². The second-order valence-corrected chi connectivity index (χ2v) is 6.63. The second-order valence-electron chi connectivity index (χ2n) is 4.95. The Hall–Kier alpha value is -1.91. The molecule has 1 aliphatic carbocycles. The summed E-state index contributed by atoms with van der Waals surface area (Å²) in [6, 6.07) is 7.42. The molecular weight excluding hydrogens is 280 g/mol. The maximum absolute atomic E-state index is 12.2. The average Bonchev–Trinajstić information content (AvgIpc) is 2.35. The minimum absolute atomic E-state index is 0.0353. The van der Waals surface area contributed by atoms with Crippen molar-refractivity contribution in [2.24, 2.45) is 0 Å². The largest absolute Gasteiger partial charge is 0.481 e. The molecule has 0 amide bonds. The molecule has 0 heterocycles. The molecular formula is C13H14N2O4S. The Bertz CT molecular complexity index is 655. The number of benzene rings is 1. The fraction of sp³-hybridized carbons (Fsp3) is 0.385. The average molecular weight is 294 g/mol. The number of rotatable bonds is 5. The molecule has 106 valence electrons. The first-order valence-electron chi connectivity index (χ1n) is 6.13. The van der Waals surface area contributed by atoms with E-state index in [0.29, 0.717) is 18.4 Å². The monoisotopic (exact) mass is 294 g/mol. The van der Waals surface area contributed by atoms with E-state index in [-0.39, 0.29) is 11.3 Å². The van der Waals surface area contributed by atoms with Crippen molar-refractivity contribution in [1.29, 1.82) is 5.26 Å². The predicted molar refractivity (Wildman–Crippen MR) is 70.3 cm³/mol. The summed E-state index contributed by atoms with van der Waals surface area (Å²) in [6.07, 6.45) is 1.63. The van der Waals surface area contributed by atoms with E-state index in [1.807, 2.05) is 6.07 Å². The van der Waals surface area contributed by atoms with Crippen LogP contribution in [0, 0.1) is 11.3 Å². The minimum atomic E-state index is -3.77. The van der Waals surface area contributed by atoms with Gasteiger partial charge in [-0.2, -0.15) is 5.26 Å². The molecule has 1 aromatic carbocycles. The van der Waals surface area contributed by atoms with Crippen LogP contribution in [0.1, 0.15) is 31.2 Å². The molecule has 2 N–H and O–H groups in total. The quantitative estimate of drug-likeness (QED) is 0.849. The van der Waals surface area contributed by atoms with Crippen LogP contribution in [-0.4, -0.2) is 25.0 Å². The SMILES string of the molecule is N#Cc1ccc(S(=O)(=O)NC2(CC(=O)O)CCC2)cc1. The number of nitrogens with one attached hydrogen (secondary N) is 1. The van der Waals surface area contributed by atoms with Gasteiger partial charge in [0.05, 0.1) is 22.9 Å². The maximum Gasteiger partial charge on any atom is 0.305 e. The lowest BCUT2D eigenvalue weighted by molar-refractivity contribution is -0.139. The molecule has 0 aliphatic heterocycles. The predicted octanol–water partition coefficient (Wildman–Crippen LogP) is 1.23. The number of hydrogen-bond donors (Lipinski definition) is 2. The van der Waals surface area contributed by atoms with Gasteiger partial charge in [-0.3, -0.25) is 4.79 Å². The summed E-state index contributed by atoms with van der Waals surface area (Å²) in [4.78, 5) is 10.9. The molecule has 0 saturated heterocycles. The summed E-state index contributed by atoms with van der Waals surface area (Å²) in [5.41, 5.74) is -0.508. The van der Waals surface area contributed by atoms with Crippen molar-refractivity contribution in [3.05, 3.63) is 29.8 Å². The first-order chi connectivity index (χ1) is 9.37. The third-order valence-electron chi connectivity index (χ3n) is 3.44. The van der Waals surface area contributed by atoms with Crippen LogP contribution in [0.4, 0.5) is 0 Å². The Labute approximate surface area is 117 Å². The van der Waals surface area contributed by atoms with Gasteiger partial charge in [-0.15, -0.1) is 0 Å². The van der Waals surface area contributed by atoms with Crippen LogP contribution in [0.25, 0.3) is 0 Å². The van der Waals surface area contributed by atoms with E-state index in [2.05, 4.69) is 4.72 Å². The number of nitrogens with zero attached hydrogens (tertiary/aromatic N) is 1. The van der Waals surface area contributed by atoms with Crippen LogP contribution in [0.3, 0.4) is 0 Å². The first-order valence-corrected chi connectivity index (χ1v) is 7.61. The highest BCUT2D eigenvalue weighted by atomic mass is 32.2. The molecule has 0 aromatic heterocycles. The van der Waals surface area contributed by atoms with Crippen molar-refractivity contribution in [3.8, 4) is 6.07 Å². The number of aliphatic carboxylic acids is 1. The Morgan fingerprint density at radius 2 is 1.95 bits per heavy atom. The van der Waals surface area contributed by atoms with Crippen LogP contribution < -0.4 is 4.72 Å². The van der Waals surface area contributed by atoms with Crippen molar-refractivity contribution in [2.75, 3.05) is 0 Å². The highest BCUT2D eigenvalue weighted by Crippen LogP contribution is 2.36. The zero-order valence-electron chi connectivity index (χ0n) is 10.7. The van der Waals surface area contributed by atoms with Gasteiger partial charge in [0, 0.05) is 5.54 Å². The number of hydrogen-bond acceptors (Lipinski definition) is 4. The lowest BCUT2D eigenvalue weighted by Gasteiger charge is -2.40. The van der Waals surface area contributed by atoms with Crippen molar-refractivity contribution in [1.82, 2.24) is 4.72 Å². The summed E-state index contributed by atoms with van der Waals surface area (Å²) >= 11 is 0. The molecule has 1 fully saturated rings. The molecule has 0 bridgehead atoms. The van der Waals surface area contributed by atoms with E-state index >= 15 is 0 Å². The Kier molecular flexibility index (Phi) is 3.79. The zero-order valence-corrected chi connectivity index (χ0v) is 11.5. The molecule has 0 radical (unpaired) electrons. The first kappa shape index (κ1) is 14.5. The van der Waals surface area contributed by atoms with Gasteiger partial charge in [0.1, 0.15) is 0 Å². The fourth-order valence-electron chi connectivity index (χ4n) is 2.26. The van der Waals surface area contributed by atoms with Gasteiger partial charge >= 0.3 is 5.97 Å². The number of nitriles is 1. The van der Waals surface area contributed by atoms with Crippen LogP contribution in [0.5, 0.6) is 0 Å². The van der Waals surface area contributed by atoms with Gasteiger partial charge in [0.25, 0.3) is 0 Å².